The molecular formula is C19H20N4O2. The third-order valence-electron chi connectivity index (χ3n) is 4.54. The molecule has 1 aliphatic heterocycles. The zero-order valence-electron chi connectivity index (χ0n) is 13.9. The lowest BCUT2D eigenvalue weighted by atomic mass is 10.1. The predicted molar refractivity (Wildman–Crippen MR) is 94.0 cm³/mol. The maximum Gasteiger partial charge on any atom is 0.256 e. The molecule has 3 heterocycles. The standard InChI is InChI=1S/C19H20N4O2/c24-19(17-7-1-5-15-11-21-22-18(15)17)23(13-16-6-3-9-25-16)12-14-4-2-8-20-10-14/h1-2,4-5,7-8,10-11,16H,3,6,9,12-13H2,(H,21,22)/t16-/m1/s1. The lowest BCUT2D eigenvalue weighted by molar-refractivity contribution is 0.0508. The van der Waals surface area contributed by atoms with Gasteiger partial charge in [-0.25, -0.2) is 0 Å². The van der Waals surface area contributed by atoms with Crippen LogP contribution in [0.25, 0.3) is 10.9 Å². The molecule has 128 valence electrons. The van der Waals surface area contributed by atoms with Crippen LogP contribution in [-0.4, -0.2) is 45.2 Å². The molecule has 4 rings (SSSR count). The van der Waals surface area contributed by atoms with E-state index in [2.05, 4.69) is 15.2 Å². The number of carbonyl (C=O) groups is 1. The highest BCUT2D eigenvalue weighted by molar-refractivity contribution is 6.05. The van der Waals surface area contributed by atoms with E-state index in [0.717, 1.165) is 35.9 Å². The summed E-state index contributed by atoms with van der Waals surface area (Å²) >= 11 is 0. The number of pyridine rings is 1. The van der Waals surface area contributed by atoms with Crippen molar-refractivity contribution in [3.05, 3.63) is 60.0 Å². The molecular weight excluding hydrogens is 316 g/mol. The molecule has 0 unspecified atom stereocenters. The van der Waals surface area contributed by atoms with Crippen LogP contribution in [0.15, 0.2) is 48.9 Å². The van der Waals surface area contributed by atoms with E-state index in [1.807, 2.05) is 35.2 Å². The summed E-state index contributed by atoms with van der Waals surface area (Å²) in [5, 5.41) is 7.94. The van der Waals surface area contributed by atoms with Gasteiger partial charge in [-0.15, -0.1) is 0 Å². The summed E-state index contributed by atoms with van der Waals surface area (Å²) in [6, 6.07) is 9.55. The van der Waals surface area contributed by atoms with Crippen LogP contribution < -0.4 is 0 Å². The highest BCUT2D eigenvalue weighted by atomic mass is 16.5. The van der Waals surface area contributed by atoms with Crippen molar-refractivity contribution in [2.24, 2.45) is 0 Å². The van der Waals surface area contributed by atoms with Crippen LogP contribution in [0, 0.1) is 0 Å². The number of fused-ring (bicyclic) bond motifs is 1. The molecule has 1 saturated heterocycles. The molecule has 3 aromatic rings. The average molecular weight is 336 g/mol. The molecule has 25 heavy (non-hydrogen) atoms. The Kier molecular flexibility index (Phi) is 4.43. The number of hydrogen-bond acceptors (Lipinski definition) is 4. The highest BCUT2D eigenvalue weighted by Gasteiger charge is 2.25. The summed E-state index contributed by atoms with van der Waals surface area (Å²) in [7, 11) is 0. The zero-order valence-corrected chi connectivity index (χ0v) is 13.9. The van der Waals surface area contributed by atoms with Gasteiger partial charge in [0.05, 0.1) is 23.4 Å². The van der Waals surface area contributed by atoms with E-state index in [9.17, 15) is 4.79 Å². The Balaban J connectivity index is 1.63. The number of para-hydroxylation sites is 1. The molecule has 0 radical (unpaired) electrons. The number of ether oxygens (including phenoxy) is 1. The largest absolute Gasteiger partial charge is 0.376 e. The molecule has 2 aromatic heterocycles. The van der Waals surface area contributed by atoms with Gasteiger partial charge in [0.2, 0.25) is 0 Å². The van der Waals surface area contributed by atoms with Gasteiger partial charge in [-0.2, -0.15) is 5.10 Å². The second kappa shape index (κ2) is 7.03. The molecule has 0 saturated carbocycles. The molecule has 1 fully saturated rings. The lowest BCUT2D eigenvalue weighted by Gasteiger charge is -2.26. The lowest BCUT2D eigenvalue weighted by Crippen LogP contribution is -2.37. The summed E-state index contributed by atoms with van der Waals surface area (Å²) in [6.45, 7) is 1.87. The Hall–Kier alpha value is -2.73. The van der Waals surface area contributed by atoms with Crippen molar-refractivity contribution in [2.45, 2.75) is 25.5 Å². The van der Waals surface area contributed by atoms with E-state index < -0.39 is 0 Å². The first-order chi connectivity index (χ1) is 12.3. The van der Waals surface area contributed by atoms with Crippen molar-refractivity contribution in [1.29, 1.82) is 0 Å². The first-order valence-corrected chi connectivity index (χ1v) is 8.53. The minimum absolute atomic E-state index is 0.0193. The van der Waals surface area contributed by atoms with Crippen molar-refractivity contribution >= 4 is 16.8 Å². The van der Waals surface area contributed by atoms with Crippen LogP contribution in [0.2, 0.25) is 0 Å². The summed E-state index contributed by atoms with van der Waals surface area (Å²) in [5.41, 5.74) is 2.42. The Morgan fingerprint density at radius 1 is 1.28 bits per heavy atom. The van der Waals surface area contributed by atoms with Gasteiger partial charge in [0.25, 0.3) is 5.91 Å². The van der Waals surface area contributed by atoms with Gasteiger partial charge in [-0.05, 0) is 30.5 Å². The maximum absolute atomic E-state index is 13.3. The number of rotatable bonds is 5. The average Bonchev–Trinajstić information content (AvgIpc) is 3.32. The third-order valence-corrected chi connectivity index (χ3v) is 4.54. The molecule has 6 heteroatoms. The number of benzene rings is 1. The quantitative estimate of drug-likeness (QED) is 0.778. The summed E-state index contributed by atoms with van der Waals surface area (Å²) in [5.74, 6) is -0.0193. The number of H-pyrrole nitrogens is 1. The van der Waals surface area contributed by atoms with Crippen LogP contribution >= 0.6 is 0 Å². The van der Waals surface area contributed by atoms with Crippen LogP contribution in [0.1, 0.15) is 28.8 Å². The van der Waals surface area contributed by atoms with Gasteiger partial charge < -0.3 is 9.64 Å². The van der Waals surface area contributed by atoms with Gasteiger partial charge in [0, 0.05) is 37.5 Å². The fourth-order valence-corrected chi connectivity index (χ4v) is 3.28. The molecule has 0 bridgehead atoms. The van der Waals surface area contributed by atoms with Crippen molar-refractivity contribution in [3.8, 4) is 0 Å². The Morgan fingerprint density at radius 3 is 3.04 bits per heavy atom. The molecule has 1 N–H and O–H groups in total. The normalized spacial score (nSPS) is 17.0. The van der Waals surface area contributed by atoms with E-state index in [4.69, 9.17) is 4.74 Å². The van der Waals surface area contributed by atoms with Crippen LogP contribution in [0.3, 0.4) is 0 Å². The fraction of sp³-hybridized carbons (Fsp3) is 0.316. The van der Waals surface area contributed by atoms with E-state index in [1.54, 1.807) is 18.6 Å². The monoisotopic (exact) mass is 336 g/mol. The fourth-order valence-electron chi connectivity index (χ4n) is 3.28. The highest BCUT2D eigenvalue weighted by Crippen LogP contribution is 2.21. The second-order valence-electron chi connectivity index (χ2n) is 6.32. The Morgan fingerprint density at radius 2 is 2.24 bits per heavy atom. The van der Waals surface area contributed by atoms with E-state index in [-0.39, 0.29) is 12.0 Å². The van der Waals surface area contributed by atoms with E-state index in [1.165, 1.54) is 0 Å². The van der Waals surface area contributed by atoms with E-state index in [0.29, 0.717) is 18.7 Å². The molecule has 1 amide bonds. The van der Waals surface area contributed by atoms with Crippen LogP contribution in [0.5, 0.6) is 0 Å². The molecule has 0 spiro atoms. The Bertz CT molecular complexity index is 856. The van der Waals surface area contributed by atoms with Crippen molar-refractivity contribution in [1.82, 2.24) is 20.1 Å². The van der Waals surface area contributed by atoms with Crippen molar-refractivity contribution in [3.63, 3.8) is 0 Å². The van der Waals surface area contributed by atoms with Crippen LogP contribution in [0.4, 0.5) is 0 Å². The minimum atomic E-state index is -0.0193. The second-order valence-corrected chi connectivity index (χ2v) is 6.32. The molecule has 1 aromatic carbocycles. The third kappa shape index (κ3) is 3.39. The maximum atomic E-state index is 13.3. The molecule has 1 atom stereocenters. The summed E-state index contributed by atoms with van der Waals surface area (Å²) in [6.07, 6.45) is 7.41. The number of nitrogens with zero attached hydrogens (tertiary/aromatic N) is 3. The van der Waals surface area contributed by atoms with Gasteiger partial charge >= 0.3 is 0 Å². The molecule has 6 nitrogen and oxygen atoms in total. The molecule has 0 aliphatic carbocycles. The number of carbonyl (C=O) groups excluding carboxylic acids is 1. The number of aromatic nitrogens is 3. The SMILES string of the molecule is O=C(c1cccc2cn[nH]c12)N(Cc1cccnc1)C[C@H]1CCCO1. The first-order valence-electron chi connectivity index (χ1n) is 8.53. The van der Waals surface area contributed by atoms with Gasteiger partial charge in [0.15, 0.2) is 0 Å². The van der Waals surface area contributed by atoms with Crippen LogP contribution in [-0.2, 0) is 11.3 Å². The van der Waals surface area contributed by atoms with E-state index >= 15 is 0 Å². The number of hydrogen-bond donors (Lipinski definition) is 1. The van der Waals surface area contributed by atoms with Crippen molar-refractivity contribution in [2.75, 3.05) is 13.2 Å². The number of aromatic amines is 1. The number of amides is 1. The van der Waals surface area contributed by atoms with Gasteiger partial charge in [-0.1, -0.05) is 18.2 Å². The summed E-state index contributed by atoms with van der Waals surface area (Å²) < 4.78 is 5.75. The first kappa shape index (κ1) is 15.8. The zero-order chi connectivity index (χ0) is 17.1. The van der Waals surface area contributed by atoms with Gasteiger partial charge in [0.1, 0.15) is 0 Å². The topological polar surface area (TPSA) is 71.1 Å². The van der Waals surface area contributed by atoms with Gasteiger partial charge in [-0.3, -0.25) is 14.9 Å². The minimum Gasteiger partial charge on any atom is -0.376 e. The predicted octanol–water partition coefficient (Wildman–Crippen LogP) is 2.78. The molecule has 1 aliphatic rings. The smallest absolute Gasteiger partial charge is 0.256 e. The summed E-state index contributed by atoms with van der Waals surface area (Å²) in [4.78, 5) is 19.3. The Labute approximate surface area is 145 Å². The number of nitrogens with one attached hydrogen (secondary N) is 1. The van der Waals surface area contributed by atoms with Crippen molar-refractivity contribution < 1.29 is 9.53 Å².